The Kier molecular flexibility index (Phi) is 5.66. The lowest BCUT2D eigenvalue weighted by molar-refractivity contribution is 0.0935. The number of anilines is 1. The fourth-order valence-electron chi connectivity index (χ4n) is 4.04. The SMILES string of the molecule is Cc1cccnc1C(C)NC(=O)c1nc(-c2ccc3ncccc3c2)c(-c2ccn(C)n2)nc1N. The number of rotatable bonds is 5. The molecule has 0 radical (unpaired) electrons. The van der Waals surface area contributed by atoms with Crippen LogP contribution in [0.25, 0.3) is 33.5 Å². The van der Waals surface area contributed by atoms with Crippen molar-refractivity contribution in [2.45, 2.75) is 19.9 Å². The van der Waals surface area contributed by atoms with Crippen LogP contribution < -0.4 is 11.1 Å². The second-order valence-corrected chi connectivity index (χ2v) is 8.34. The average molecular weight is 465 g/mol. The number of benzene rings is 1. The minimum Gasteiger partial charge on any atom is -0.382 e. The zero-order chi connectivity index (χ0) is 24.5. The predicted molar refractivity (Wildman–Crippen MR) is 134 cm³/mol. The van der Waals surface area contributed by atoms with Gasteiger partial charge in [-0.2, -0.15) is 5.10 Å². The third-order valence-corrected chi connectivity index (χ3v) is 5.78. The lowest BCUT2D eigenvalue weighted by Gasteiger charge is -2.17. The summed E-state index contributed by atoms with van der Waals surface area (Å²) in [6, 6.07) is 14.9. The zero-order valence-corrected chi connectivity index (χ0v) is 19.6. The quantitative estimate of drug-likeness (QED) is 0.404. The lowest BCUT2D eigenvalue weighted by Crippen LogP contribution is -2.29. The fraction of sp³-hybridized carbons (Fsp3) is 0.154. The van der Waals surface area contributed by atoms with Crippen molar-refractivity contribution in [2.75, 3.05) is 5.73 Å². The van der Waals surface area contributed by atoms with Crippen LogP contribution in [0.15, 0.2) is 67.1 Å². The lowest BCUT2D eigenvalue weighted by atomic mass is 10.0. The number of nitrogen functional groups attached to an aromatic ring is 1. The molecule has 35 heavy (non-hydrogen) atoms. The van der Waals surface area contributed by atoms with Gasteiger partial charge in [-0.3, -0.25) is 19.4 Å². The number of nitrogens with one attached hydrogen (secondary N) is 1. The van der Waals surface area contributed by atoms with Gasteiger partial charge in [0.25, 0.3) is 5.91 Å². The highest BCUT2D eigenvalue weighted by molar-refractivity contribution is 5.98. The van der Waals surface area contributed by atoms with Gasteiger partial charge in [0.15, 0.2) is 11.5 Å². The summed E-state index contributed by atoms with van der Waals surface area (Å²) in [7, 11) is 1.82. The van der Waals surface area contributed by atoms with Gasteiger partial charge in [0, 0.05) is 36.6 Å². The van der Waals surface area contributed by atoms with Crippen molar-refractivity contribution in [3.63, 3.8) is 0 Å². The van der Waals surface area contributed by atoms with E-state index in [1.165, 1.54) is 0 Å². The van der Waals surface area contributed by atoms with E-state index < -0.39 is 5.91 Å². The Bertz CT molecular complexity index is 1560. The van der Waals surface area contributed by atoms with Gasteiger partial charge in [-0.15, -0.1) is 0 Å². The van der Waals surface area contributed by atoms with Gasteiger partial charge >= 0.3 is 0 Å². The largest absolute Gasteiger partial charge is 0.382 e. The first kappa shape index (κ1) is 22.1. The first-order chi connectivity index (χ1) is 16.9. The molecule has 3 N–H and O–H groups in total. The Morgan fingerprint density at radius 1 is 1.03 bits per heavy atom. The topological polar surface area (TPSA) is 125 Å². The van der Waals surface area contributed by atoms with Crippen LogP contribution in [0.1, 0.15) is 34.7 Å². The smallest absolute Gasteiger partial charge is 0.274 e. The Morgan fingerprint density at radius 3 is 2.60 bits per heavy atom. The summed E-state index contributed by atoms with van der Waals surface area (Å²) < 4.78 is 1.68. The molecule has 174 valence electrons. The molecule has 0 saturated carbocycles. The number of aromatic nitrogens is 6. The van der Waals surface area contributed by atoms with Gasteiger partial charge in [0.2, 0.25) is 0 Å². The molecule has 4 heterocycles. The molecule has 0 aliphatic heterocycles. The number of nitrogens with two attached hydrogens (primary N) is 1. The van der Waals surface area contributed by atoms with Gasteiger partial charge in [-0.1, -0.05) is 18.2 Å². The van der Waals surface area contributed by atoms with E-state index in [9.17, 15) is 4.79 Å². The Hall–Kier alpha value is -4.66. The molecule has 0 spiro atoms. The molecule has 9 heteroatoms. The van der Waals surface area contributed by atoms with Gasteiger partial charge in [-0.05, 0) is 49.7 Å². The Labute approximate surface area is 202 Å². The molecule has 1 unspecified atom stereocenters. The fourth-order valence-corrected chi connectivity index (χ4v) is 4.04. The van der Waals surface area contributed by atoms with Crippen LogP contribution in [-0.4, -0.2) is 35.6 Å². The summed E-state index contributed by atoms with van der Waals surface area (Å²) in [5.41, 5.74) is 11.3. The number of amides is 1. The summed E-state index contributed by atoms with van der Waals surface area (Å²) in [6.45, 7) is 3.82. The molecular formula is C26H24N8O. The van der Waals surface area contributed by atoms with Crippen molar-refractivity contribution in [3.8, 4) is 22.6 Å². The number of carbonyl (C=O) groups excluding carboxylic acids is 1. The molecule has 1 amide bonds. The monoisotopic (exact) mass is 464 g/mol. The standard InChI is InChI=1S/C26H24N8O/c1-15-6-4-12-29-21(15)16(2)30-26(35)24-25(27)32-23(20-10-13-34(3)33-20)22(31-24)18-8-9-19-17(14-18)7-5-11-28-19/h4-14,16H,1-3H3,(H2,27,32)(H,30,35). The van der Waals surface area contributed by atoms with E-state index in [2.05, 4.69) is 25.4 Å². The molecule has 1 atom stereocenters. The third kappa shape index (κ3) is 4.31. The Balaban J connectivity index is 1.60. The van der Waals surface area contributed by atoms with Gasteiger partial charge in [0.05, 0.1) is 22.9 Å². The molecule has 1 aromatic carbocycles. The van der Waals surface area contributed by atoms with Gasteiger partial charge in [0.1, 0.15) is 11.4 Å². The summed E-state index contributed by atoms with van der Waals surface area (Å²) in [4.78, 5) is 31.3. The second kappa shape index (κ2) is 8.94. The molecule has 5 aromatic rings. The highest BCUT2D eigenvalue weighted by atomic mass is 16.2. The average Bonchev–Trinajstić information content (AvgIpc) is 3.29. The van der Waals surface area contributed by atoms with Crippen LogP contribution in [-0.2, 0) is 7.05 Å². The molecular weight excluding hydrogens is 440 g/mol. The van der Waals surface area contributed by atoms with Crippen LogP contribution in [0.4, 0.5) is 5.82 Å². The normalized spacial score (nSPS) is 12.0. The molecule has 0 saturated heterocycles. The number of pyridine rings is 2. The summed E-state index contributed by atoms with van der Waals surface area (Å²) in [5, 5.41) is 8.38. The molecule has 0 aliphatic carbocycles. The maximum absolute atomic E-state index is 13.3. The second-order valence-electron chi connectivity index (χ2n) is 8.34. The van der Waals surface area contributed by atoms with E-state index in [0.29, 0.717) is 17.1 Å². The minimum atomic E-state index is -0.427. The van der Waals surface area contributed by atoms with Crippen molar-refractivity contribution in [2.24, 2.45) is 7.05 Å². The minimum absolute atomic E-state index is 0.0271. The number of fused-ring (bicyclic) bond motifs is 1. The number of nitrogens with zero attached hydrogens (tertiary/aromatic N) is 6. The molecule has 4 aromatic heterocycles. The van der Waals surface area contributed by atoms with Crippen molar-refractivity contribution >= 4 is 22.6 Å². The summed E-state index contributed by atoms with van der Waals surface area (Å²) in [6.07, 6.45) is 5.27. The van der Waals surface area contributed by atoms with Crippen LogP contribution >= 0.6 is 0 Å². The maximum atomic E-state index is 13.3. The maximum Gasteiger partial charge on any atom is 0.274 e. The first-order valence-electron chi connectivity index (χ1n) is 11.2. The molecule has 9 nitrogen and oxygen atoms in total. The predicted octanol–water partition coefficient (Wildman–Crippen LogP) is 3.87. The van der Waals surface area contributed by atoms with Crippen LogP contribution in [0.3, 0.4) is 0 Å². The van der Waals surface area contributed by atoms with Crippen molar-refractivity contribution in [1.82, 2.24) is 35.0 Å². The van der Waals surface area contributed by atoms with Crippen molar-refractivity contribution in [1.29, 1.82) is 0 Å². The first-order valence-corrected chi connectivity index (χ1v) is 11.2. The van der Waals surface area contributed by atoms with E-state index in [1.807, 2.05) is 75.6 Å². The van der Waals surface area contributed by atoms with E-state index >= 15 is 0 Å². The molecule has 5 rings (SSSR count). The van der Waals surface area contributed by atoms with E-state index in [0.717, 1.165) is 27.7 Å². The van der Waals surface area contributed by atoms with Crippen LogP contribution in [0, 0.1) is 6.92 Å². The molecule has 0 fully saturated rings. The number of aryl methyl sites for hydroxylation is 2. The van der Waals surface area contributed by atoms with E-state index in [1.54, 1.807) is 17.1 Å². The van der Waals surface area contributed by atoms with Crippen molar-refractivity contribution < 1.29 is 4.79 Å². The molecule has 0 aliphatic rings. The highest BCUT2D eigenvalue weighted by Crippen LogP contribution is 2.31. The molecule has 0 bridgehead atoms. The van der Waals surface area contributed by atoms with Crippen LogP contribution in [0.2, 0.25) is 0 Å². The Morgan fingerprint density at radius 2 is 1.83 bits per heavy atom. The number of hydrogen-bond acceptors (Lipinski definition) is 7. The third-order valence-electron chi connectivity index (χ3n) is 5.78. The van der Waals surface area contributed by atoms with Gasteiger partial charge in [-0.25, -0.2) is 9.97 Å². The number of carbonyl (C=O) groups is 1. The summed E-state index contributed by atoms with van der Waals surface area (Å²) in [5.74, 6) is -0.400. The van der Waals surface area contributed by atoms with Crippen molar-refractivity contribution in [3.05, 3.63) is 84.1 Å². The summed E-state index contributed by atoms with van der Waals surface area (Å²) >= 11 is 0. The van der Waals surface area contributed by atoms with E-state index in [4.69, 9.17) is 10.7 Å². The van der Waals surface area contributed by atoms with Crippen LogP contribution in [0.5, 0.6) is 0 Å². The zero-order valence-electron chi connectivity index (χ0n) is 19.6. The van der Waals surface area contributed by atoms with E-state index in [-0.39, 0.29) is 17.6 Å². The number of hydrogen-bond donors (Lipinski definition) is 2. The van der Waals surface area contributed by atoms with Gasteiger partial charge < -0.3 is 11.1 Å². The highest BCUT2D eigenvalue weighted by Gasteiger charge is 2.23.